The molecule has 3 rings (SSSR count). The maximum absolute atomic E-state index is 13.2. The molecular formula is C22H23FN4O4S2. The van der Waals surface area contributed by atoms with E-state index in [1.165, 1.54) is 47.5 Å². The maximum atomic E-state index is 13.2. The van der Waals surface area contributed by atoms with E-state index in [1.54, 1.807) is 29.6 Å². The van der Waals surface area contributed by atoms with Crippen LogP contribution in [0.25, 0.3) is 0 Å². The summed E-state index contributed by atoms with van der Waals surface area (Å²) in [6, 6.07) is 11.7. The van der Waals surface area contributed by atoms with Gasteiger partial charge in [0, 0.05) is 19.0 Å². The summed E-state index contributed by atoms with van der Waals surface area (Å²) in [5.74, 6) is -1.60. The van der Waals surface area contributed by atoms with Gasteiger partial charge in [-0.1, -0.05) is 29.8 Å². The Morgan fingerprint density at radius 1 is 1.15 bits per heavy atom. The molecular weight excluding hydrogens is 467 g/mol. The topological polar surface area (TPSA) is 108 Å². The average Bonchev–Trinajstić information content (AvgIpc) is 3.19. The lowest BCUT2D eigenvalue weighted by molar-refractivity contribution is -0.127. The lowest BCUT2D eigenvalue weighted by Crippen LogP contribution is -2.32. The number of aryl methyl sites for hydroxylation is 1. The molecule has 0 unspecified atom stereocenters. The molecule has 0 saturated carbocycles. The number of benzene rings is 2. The Morgan fingerprint density at radius 3 is 2.58 bits per heavy atom. The predicted octanol–water partition coefficient (Wildman–Crippen LogP) is 3.34. The molecule has 3 amide bonds. The molecule has 0 spiro atoms. The summed E-state index contributed by atoms with van der Waals surface area (Å²) >= 11 is 1.17. The predicted molar refractivity (Wildman–Crippen MR) is 124 cm³/mol. The first kappa shape index (κ1) is 24.3. The molecule has 1 aromatic heterocycles. The number of carbonyl (C=O) groups is 2. The van der Waals surface area contributed by atoms with E-state index in [4.69, 9.17) is 0 Å². The van der Waals surface area contributed by atoms with Crippen LogP contribution in [-0.2, 0) is 27.7 Å². The average molecular weight is 491 g/mol. The third-order valence-corrected chi connectivity index (χ3v) is 7.06. The Bertz CT molecular complexity index is 1240. The van der Waals surface area contributed by atoms with Crippen molar-refractivity contribution in [3.8, 4) is 0 Å². The first-order valence-corrected chi connectivity index (χ1v) is 12.4. The normalized spacial score (nSPS) is 11.1. The van der Waals surface area contributed by atoms with Gasteiger partial charge in [-0.25, -0.2) is 22.6 Å². The lowest BCUT2D eigenvalue weighted by Gasteiger charge is -2.16. The van der Waals surface area contributed by atoms with E-state index in [1.807, 2.05) is 6.92 Å². The van der Waals surface area contributed by atoms with Crippen molar-refractivity contribution in [1.29, 1.82) is 0 Å². The SMILES string of the molecule is Cc1ccc(S(=O)(=O)CC(=O)N(C)Cc2csc(NC(=O)NCc3cccc(F)c3)n2)cc1. The van der Waals surface area contributed by atoms with Gasteiger partial charge in [0.2, 0.25) is 5.91 Å². The molecule has 0 bridgehead atoms. The number of thiazole rings is 1. The molecule has 2 N–H and O–H groups in total. The highest BCUT2D eigenvalue weighted by molar-refractivity contribution is 7.92. The number of anilines is 1. The van der Waals surface area contributed by atoms with Crippen molar-refractivity contribution in [3.05, 3.63) is 76.5 Å². The number of hydrogen-bond acceptors (Lipinski definition) is 6. The van der Waals surface area contributed by atoms with Crippen LogP contribution < -0.4 is 10.6 Å². The molecule has 11 heteroatoms. The van der Waals surface area contributed by atoms with Crippen LogP contribution in [0.2, 0.25) is 0 Å². The summed E-state index contributed by atoms with van der Waals surface area (Å²) < 4.78 is 38.2. The first-order valence-electron chi connectivity index (χ1n) is 9.89. The number of hydrogen-bond donors (Lipinski definition) is 2. The van der Waals surface area contributed by atoms with Crippen LogP contribution in [0.5, 0.6) is 0 Å². The van der Waals surface area contributed by atoms with Crippen molar-refractivity contribution >= 4 is 38.2 Å². The van der Waals surface area contributed by atoms with Crippen LogP contribution in [0.1, 0.15) is 16.8 Å². The number of carbonyl (C=O) groups excluding carboxylic acids is 2. The van der Waals surface area contributed by atoms with Crippen LogP contribution in [0.15, 0.2) is 58.8 Å². The highest BCUT2D eigenvalue weighted by Gasteiger charge is 2.22. The summed E-state index contributed by atoms with van der Waals surface area (Å²) in [5.41, 5.74) is 2.04. The quantitative estimate of drug-likeness (QED) is 0.504. The molecule has 0 radical (unpaired) electrons. The van der Waals surface area contributed by atoms with Crippen LogP contribution in [0.4, 0.5) is 14.3 Å². The number of sulfone groups is 1. The van der Waals surface area contributed by atoms with Crippen molar-refractivity contribution < 1.29 is 22.4 Å². The van der Waals surface area contributed by atoms with E-state index in [0.717, 1.165) is 5.56 Å². The van der Waals surface area contributed by atoms with Gasteiger partial charge in [0.25, 0.3) is 0 Å². The second-order valence-electron chi connectivity index (χ2n) is 7.40. The minimum absolute atomic E-state index is 0.0886. The first-order chi connectivity index (χ1) is 15.6. The summed E-state index contributed by atoms with van der Waals surface area (Å²) in [4.78, 5) is 30.1. The maximum Gasteiger partial charge on any atom is 0.321 e. The molecule has 1 heterocycles. The van der Waals surface area contributed by atoms with Crippen molar-refractivity contribution in [2.45, 2.75) is 24.9 Å². The number of halogens is 1. The van der Waals surface area contributed by atoms with Crippen molar-refractivity contribution in [2.24, 2.45) is 0 Å². The van der Waals surface area contributed by atoms with E-state index < -0.39 is 27.5 Å². The monoisotopic (exact) mass is 490 g/mol. The van der Waals surface area contributed by atoms with Gasteiger partial charge < -0.3 is 10.2 Å². The number of nitrogens with one attached hydrogen (secondary N) is 2. The van der Waals surface area contributed by atoms with Gasteiger partial charge in [0.15, 0.2) is 15.0 Å². The fraction of sp³-hybridized carbons (Fsp3) is 0.227. The molecule has 0 aliphatic carbocycles. The largest absolute Gasteiger partial charge is 0.339 e. The fourth-order valence-electron chi connectivity index (χ4n) is 2.84. The van der Waals surface area contributed by atoms with Gasteiger partial charge >= 0.3 is 6.03 Å². The molecule has 0 aliphatic rings. The van der Waals surface area contributed by atoms with Crippen LogP contribution in [0.3, 0.4) is 0 Å². The standard InChI is InChI=1S/C22H23FN4O4S2/c1-15-6-8-19(9-7-15)33(30,31)14-20(28)27(2)12-18-13-32-22(25-18)26-21(29)24-11-16-4-3-5-17(23)10-16/h3-10,13H,11-12,14H2,1-2H3,(H2,24,25,26,29). The highest BCUT2D eigenvalue weighted by atomic mass is 32.2. The van der Waals surface area contributed by atoms with Crippen molar-refractivity contribution in [2.75, 3.05) is 18.1 Å². The molecule has 8 nitrogen and oxygen atoms in total. The zero-order valence-corrected chi connectivity index (χ0v) is 19.7. The number of urea groups is 1. The smallest absolute Gasteiger partial charge is 0.321 e. The summed E-state index contributed by atoms with van der Waals surface area (Å²) in [7, 11) is -2.26. The minimum atomic E-state index is -3.75. The van der Waals surface area contributed by atoms with E-state index in [9.17, 15) is 22.4 Å². The summed E-state index contributed by atoms with van der Waals surface area (Å²) in [6.45, 7) is 2.08. The molecule has 33 heavy (non-hydrogen) atoms. The van der Waals surface area contributed by atoms with Gasteiger partial charge in [-0.3, -0.25) is 10.1 Å². The molecule has 0 saturated heterocycles. The van der Waals surface area contributed by atoms with Crippen LogP contribution in [-0.4, -0.2) is 43.0 Å². The lowest BCUT2D eigenvalue weighted by atomic mass is 10.2. The number of amides is 3. The van der Waals surface area contributed by atoms with Crippen LogP contribution in [0, 0.1) is 12.7 Å². The van der Waals surface area contributed by atoms with Crippen LogP contribution >= 0.6 is 11.3 Å². The molecule has 174 valence electrons. The van der Waals surface area contributed by atoms with E-state index in [2.05, 4.69) is 15.6 Å². The second kappa shape index (κ2) is 10.5. The van der Waals surface area contributed by atoms with E-state index >= 15 is 0 Å². The molecule has 0 aliphatic heterocycles. The fourth-order valence-corrected chi connectivity index (χ4v) is 4.80. The number of nitrogens with zero attached hydrogens (tertiary/aromatic N) is 2. The zero-order chi connectivity index (χ0) is 24.0. The minimum Gasteiger partial charge on any atom is -0.339 e. The summed E-state index contributed by atoms with van der Waals surface area (Å²) in [6.07, 6.45) is 0. The number of rotatable bonds is 8. The van der Waals surface area contributed by atoms with Crippen molar-refractivity contribution in [1.82, 2.24) is 15.2 Å². The molecule has 3 aromatic rings. The Kier molecular flexibility index (Phi) is 7.77. The second-order valence-corrected chi connectivity index (χ2v) is 10.3. The van der Waals surface area contributed by atoms with Crippen molar-refractivity contribution in [3.63, 3.8) is 0 Å². The van der Waals surface area contributed by atoms with E-state index in [0.29, 0.717) is 16.4 Å². The Morgan fingerprint density at radius 2 is 1.88 bits per heavy atom. The Hall–Kier alpha value is -3.31. The van der Waals surface area contributed by atoms with Gasteiger partial charge in [0.05, 0.1) is 17.1 Å². The molecule has 2 aromatic carbocycles. The zero-order valence-electron chi connectivity index (χ0n) is 18.0. The van der Waals surface area contributed by atoms with Gasteiger partial charge in [-0.05, 0) is 36.8 Å². The third-order valence-electron chi connectivity index (χ3n) is 4.63. The Labute approximate surface area is 195 Å². The van der Waals surface area contributed by atoms with E-state index in [-0.39, 0.29) is 23.8 Å². The van der Waals surface area contributed by atoms with Gasteiger partial charge in [0.1, 0.15) is 11.6 Å². The Balaban J connectivity index is 1.51. The third kappa shape index (κ3) is 7.09. The number of aromatic nitrogens is 1. The summed E-state index contributed by atoms with van der Waals surface area (Å²) in [5, 5.41) is 7.17. The molecule has 0 atom stereocenters. The van der Waals surface area contributed by atoms with Gasteiger partial charge in [-0.15, -0.1) is 11.3 Å². The molecule has 0 fully saturated rings. The van der Waals surface area contributed by atoms with Gasteiger partial charge in [-0.2, -0.15) is 0 Å². The highest BCUT2D eigenvalue weighted by Crippen LogP contribution is 2.17.